The van der Waals surface area contributed by atoms with Crippen molar-refractivity contribution in [1.82, 2.24) is 0 Å². The van der Waals surface area contributed by atoms with Crippen molar-refractivity contribution in [2.45, 2.75) is 40.5 Å². The summed E-state index contributed by atoms with van der Waals surface area (Å²) in [5.41, 5.74) is 5.31. The van der Waals surface area contributed by atoms with E-state index in [0.29, 0.717) is 19.8 Å². The molecule has 0 aromatic heterocycles. The molecule has 4 N–H and O–H groups in total. The van der Waals surface area contributed by atoms with Gasteiger partial charge < -0.3 is 20.7 Å². The lowest BCUT2D eigenvalue weighted by molar-refractivity contribution is -0.138. The molecule has 0 heterocycles. The molecule has 0 aliphatic rings. The second kappa shape index (κ2) is 11.4. The number of carboxylic acid groups (broad SMARTS) is 1. The maximum absolute atomic E-state index is 10.3. The maximum atomic E-state index is 10.3. The Kier molecular flexibility index (Phi) is 12.5. The van der Waals surface area contributed by atoms with Gasteiger partial charge in [0.1, 0.15) is 0 Å². The molecule has 0 rings (SSSR count). The summed E-state index contributed by atoms with van der Waals surface area (Å²) < 4.78 is 4.76. The van der Waals surface area contributed by atoms with Crippen LogP contribution in [0.4, 0.5) is 0 Å². The zero-order valence-electron chi connectivity index (χ0n) is 12.1. The Labute approximate surface area is 110 Å². The molecule has 5 nitrogen and oxygen atoms in total. The van der Waals surface area contributed by atoms with Crippen molar-refractivity contribution in [1.29, 1.82) is 0 Å². The predicted molar refractivity (Wildman–Crippen MR) is 72.4 cm³/mol. The summed E-state index contributed by atoms with van der Waals surface area (Å²) in [5.74, 6) is -0.408. The van der Waals surface area contributed by atoms with E-state index in [1.54, 1.807) is 0 Å². The van der Waals surface area contributed by atoms with Crippen LogP contribution in [0, 0.1) is 11.3 Å². The molecule has 0 aromatic rings. The number of carboxylic acids is 1. The number of hydrogen-bond acceptors (Lipinski definition) is 4. The lowest BCUT2D eigenvalue weighted by Crippen LogP contribution is -2.13. The van der Waals surface area contributed by atoms with Crippen LogP contribution < -0.4 is 5.73 Å². The first-order chi connectivity index (χ1) is 8.22. The van der Waals surface area contributed by atoms with Crippen molar-refractivity contribution in [3.63, 3.8) is 0 Å². The summed E-state index contributed by atoms with van der Waals surface area (Å²) in [7, 11) is 0. The maximum Gasteiger partial charge on any atom is 0.303 e. The Bertz CT molecular complexity index is 198. The Balaban J connectivity index is 0. The first kappa shape index (κ1) is 19.7. The van der Waals surface area contributed by atoms with E-state index in [1.165, 1.54) is 0 Å². The molecule has 110 valence electrons. The number of nitrogens with two attached hydrogens (primary N) is 1. The van der Waals surface area contributed by atoms with Crippen LogP contribution in [0.15, 0.2) is 0 Å². The molecular weight excluding hydrogens is 234 g/mol. The number of carbonyl (C=O) groups is 1. The van der Waals surface area contributed by atoms with Crippen molar-refractivity contribution in [3.8, 4) is 0 Å². The van der Waals surface area contributed by atoms with Crippen molar-refractivity contribution < 1.29 is 19.7 Å². The van der Waals surface area contributed by atoms with Crippen LogP contribution in [0.1, 0.15) is 40.5 Å². The number of aliphatic hydroxyl groups is 1. The summed E-state index contributed by atoms with van der Waals surface area (Å²) in [6.07, 6.45) is 1.26. The van der Waals surface area contributed by atoms with Gasteiger partial charge in [-0.3, -0.25) is 4.79 Å². The van der Waals surface area contributed by atoms with Gasteiger partial charge in [-0.25, -0.2) is 0 Å². The van der Waals surface area contributed by atoms with E-state index in [0.717, 1.165) is 6.42 Å². The predicted octanol–water partition coefficient (Wildman–Crippen LogP) is 1.49. The second-order valence-corrected chi connectivity index (χ2v) is 5.59. The van der Waals surface area contributed by atoms with Crippen molar-refractivity contribution in [3.05, 3.63) is 0 Å². The van der Waals surface area contributed by atoms with Crippen molar-refractivity contribution >= 4 is 5.97 Å². The van der Waals surface area contributed by atoms with Crippen molar-refractivity contribution in [2.24, 2.45) is 17.1 Å². The van der Waals surface area contributed by atoms with E-state index in [9.17, 15) is 4.79 Å². The first-order valence-electron chi connectivity index (χ1n) is 6.33. The van der Waals surface area contributed by atoms with E-state index >= 15 is 0 Å². The highest BCUT2D eigenvalue weighted by Gasteiger charge is 2.16. The third-order valence-corrected chi connectivity index (χ3v) is 1.98. The van der Waals surface area contributed by atoms with Gasteiger partial charge in [0.05, 0.1) is 19.8 Å². The Morgan fingerprint density at radius 3 is 2.22 bits per heavy atom. The average Bonchev–Trinajstić information content (AvgIpc) is 2.15. The quantitative estimate of drug-likeness (QED) is 0.605. The van der Waals surface area contributed by atoms with E-state index in [1.807, 2.05) is 6.92 Å². The minimum absolute atomic E-state index is 0.0833. The third-order valence-electron chi connectivity index (χ3n) is 1.98. The molecule has 0 amide bonds. The largest absolute Gasteiger partial charge is 0.481 e. The Morgan fingerprint density at radius 1 is 1.33 bits per heavy atom. The molecule has 0 saturated carbocycles. The number of aliphatic hydroxyl groups excluding tert-OH is 1. The van der Waals surface area contributed by atoms with Gasteiger partial charge in [-0.05, 0) is 17.8 Å². The van der Waals surface area contributed by atoms with E-state index < -0.39 is 5.97 Å². The number of rotatable bonds is 7. The molecule has 0 fully saturated rings. The van der Waals surface area contributed by atoms with Crippen LogP contribution in [-0.2, 0) is 9.53 Å². The summed E-state index contributed by atoms with van der Waals surface area (Å²) >= 11 is 0. The minimum Gasteiger partial charge on any atom is -0.481 e. The molecule has 1 unspecified atom stereocenters. The summed E-state index contributed by atoms with van der Waals surface area (Å²) in [5, 5.41) is 16.6. The van der Waals surface area contributed by atoms with Crippen LogP contribution in [0.5, 0.6) is 0 Å². The fourth-order valence-corrected chi connectivity index (χ4v) is 1.67. The zero-order valence-corrected chi connectivity index (χ0v) is 12.1. The number of hydrogen-bond donors (Lipinski definition) is 3. The molecule has 0 aliphatic carbocycles. The van der Waals surface area contributed by atoms with Gasteiger partial charge in [-0.1, -0.05) is 27.7 Å². The molecule has 1 atom stereocenters. The highest BCUT2D eigenvalue weighted by Crippen LogP contribution is 2.25. The molecule has 18 heavy (non-hydrogen) atoms. The minimum atomic E-state index is -0.693. The molecule has 0 spiro atoms. The van der Waals surface area contributed by atoms with Gasteiger partial charge in [0.2, 0.25) is 0 Å². The van der Waals surface area contributed by atoms with Gasteiger partial charge in [0.25, 0.3) is 0 Å². The summed E-state index contributed by atoms with van der Waals surface area (Å²) in [4.78, 5) is 10.3. The van der Waals surface area contributed by atoms with Gasteiger partial charge in [-0.15, -0.1) is 0 Å². The SMILES string of the molecule is CC(CC(=O)O)CC(C)(C)C.NCCOCCO. The second-order valence-electron chi connectivity index (χ2n) is 5.59. The number of ether oxygens (including phenoxy) is 1. The average molecular weight is 263 g/mol. The van der Waals surface area contributed by atoms with E-state index in [-0.39, 0.29) is 24.4 Å². The molecular formula is C13H29NO4. The molecule has 0 saturated heterocycles. The monoisotopic (exact) mass is 263 g/mol. The highest BCUT2D eigenvalue weighted by molar-refractivity contribution is 5.66. The smallest absolute Gasteiger partial charge is 0.303 e. The summed E-state index contributed by atoms with van der Waals surface area (Å²) in [6, 6.07) is 0. The van der Waals surface area contributed by atoms with Gasteiger partial charge in [0, 0.05) is 13.0 Å². The topological polar surface area (TPSA) is 92.8 Å². The van der Waals surface area contributed by atoms with Crippen molar-refractivity contribution in [2.75, 3.05) is 26.4 Å². The van der Waals surface area contributed by atoms with Crippen LogP contribution in [-0.4, -0.2) is 42.5 Å². The van der Waals surface area contributed by atoms with Gasteiger partial charge in [-0.2, -0.15) is 0 Å². The normalized spacial score (nSPS) is 12.6. The Morgan fingerprint density at radius 2 is 1.89 bits per heavy atom. The summed E-state index contributed by atoms with van der Waals surface area (Å²) in [6.45, 7) is 9.93. The van der Waals surface area contributed by atoms with E-state index in [4.69, 9.17) is 20.7 Å². The highest BCUT2D eigenvalue weighted by atomic mass is 16.5. The Hall–Kier alpha value is -0.650. The third kappa shape index (κ3) is 20.7. The van der Waals surface area contributed by atoms with Crippen LogP contribution >= 0.6 is 0 Å². The lowest BCUT2D eigenvalue weighted by Gasteiger charge is -2.21. The van der Waals surface area contributed by atoms with Crippen LogP contribution in [0.2, 0.25) is 0 Å². The molecule has 0 bridgehead atoms. The molecule has 5 heteroatoms. The number of aliphatic carboxylic acids is 1. The zero-order chi connectivity index (χ0) is 14.6. The molecule has 0 radical (unpaired) electrons. The van der Waals surface area contributed by atoms with Gasteiger partial charge >= 0.3 is 5.97 Å². The van der Waals surface area contributed by atoms with E-state index in [2.05, 4.69) is 20.8 Å². The molecule has 0 aliphatic heterocycles. The fourth-order valence-electron chi connectivity index (χ4n) is 1.67. The van der Waals surface area contributed by atoms with Crippen LogP contribution in [0.25, 0.3) is 0 Å². The fraction of sp³-hybridized carbons (Fsp3) is 0.923. The first-order valence-corrected chi connectivity index (χ1v) is 6.33. The van der Waals surface area contributed by atoms with Crippen LogP contribution in [0.3, 0.4) is 0 Å². The standard InChI is InChI=1S/C9H18O2.C4H11NO2/c1-7(5-8(10)11)6-9(2,3)4;5-1-3-7-4-2-6/h7H,5-6H2,1-4H3,(H,10,11);6H,1-5H2. The molecule has 0 aromatic carbocycles. The van der Waals surface area contributed by atoms with Gasteiger partial charge in [0.15, 0.2) is 0 Å². The lowest BCUT2D eigenvalue weighted by atomic mass is 9.84.